The Morgan fingerprint density at radius 1 is 0.426 bits per heavy atom. The van der Waals surface area contributed by atoms with Gasteiger partial charge in [-0.1, -0.05) is 133 Å². The van der Waals surface area contributed by atoms with Gasteiger partial charge in [0.25, 0.3) is 0 Å². The summed E-state index contributed by atoms with van der Waals surface area (Å²) in [5.41, 5.74) is 14.1. The molecule has 3 nitrogen and oxygen atoms in total. The summed E-state index contributed by atoms with van der Waals surface area (Å²) in [6.45, 7) is 0. The summed E-state index contributed by atoms with van der Waals surface area (Å²) >= 11 is 1.87. The predicted octanol–water partition coefficient (Wildman–Crippen LogP) is 14.7. The van der Waals surface area contributed by atoms with Crippen LogP contribution in [0.5, 0.6) is 0 Å². The normalized spacial score (nSPS) is 11.7. The average Bonchev–Trinajstić information content (AvgIpc) is 3.91. The standard InChI is InChI=1S/C50H32N2OS/c1-4-14-34(15-5-1)47-43-32-35(40-22-12-23-42-41-20-10-11-25-46(41)54-49(40)42)28-31-44(43)52-45-24-13-21-39(48(45)53-50(47)52)33-26-29-38(30-27-33)51(36-16-6-2-7-17-36)37-18-8-3-9-19-37/h1-32H. The van der Waals surface area contributed by atoms with E-state index in [0.29, 0.717) is 0 Å². The van der Waals surface area contributed by atoms with E-state index in [-0.39, 0.29) is 0 Å². The molecule has 0 radical (unpaired) electrons. The van der Waals surface area contributed by atoms with Gasteiger partial charge in [-0.25, -0.2) is 0 Å². The number of para-hydroxylation sites is 3. The molecule has 254 valence electrons. The lowest BCUT2D eigenvalue weighted by Gasteiger charge is -2.25. The first-order valence-electron chi connectivity index (χ1n) is 18.3. The predicted molar refractivity (Wildman–Crippen MR) is 229 cm³/mol. The van der Waals surface area contributed by atoms with Crippen molar-refractivity contribution in [3.8, 4) is 33.4 Å². The van der Waals surface area contributed by atoms with Crippen LogP contribution in [0.3, 0.4) is 0 Å². The number of aromatic nitrogens is 1. The first-order valence-corrected chi connectivity index (χ1v) is 19.1. The van der Waals surface area contributed by atoms with Crippen LogP contribution in [-0.2, 0) is 0 Å². The van der Waals surface area contributed by atoms with Crippen molar-refractivity contribution >= 4 is 76.3 Å². The number of fused-ring (bicyclic) bond motifs is 8. The van der Waals surface area contributed by atoms with E-state index in [2.05, 4.69) is 203 Å². The molecule has 0 amide bonds. The highest BCUT2D eigenvalue weighted by atomic mass is 32.1. The van der Waals surface area contributed by atoms with E-state index in [4.69, 9.17) is 4.42 Å². The molecule has 54 heavy (non-hydrogen) atoms. The number of benzene rings is 8. The van der Waals surface area contributed by atoms with Gasteiger partial charge in [0.1, 0.15) is 0 Å². The van der Waals surface area contributed by atoms with Crippen LogP contribution in [0.1, 0.15) is 0 Å². The van der Waals surface area contributed by atoms with Gasteiger partial charge in [-0.15, -0.1) is 11.3 Å². The van der Waals surface area contributed by atoms with Gasteiger partial charge in [0, 0.05) is 48.2 Å². The fourth-order valence-corrected chi connectivity index (χ4v) is 9.39. The maximum Gasteiger partial charge on any atom is 0.213 e. The van der Waals surface area contributed by atoms with E-state index in [9.17, 15) is 0 Å². The molecule has 0 spiro atoms. The van der Waals surface area contributed by atoms with Gasteiger partial charge in [-0.2, -0.15) is 0 Å². The lowest BCUT2D eigenvalue weighted by Crippen LogP contribution is -2.09. The number of thiophene rings is 1. The summed E-state index contributed by atoms with van der Waals surface area (Å²) in [7, 11) is 0. The van der Waals surface area contributed by atoms with Crippen molar-refractivity contribution in [3.63, 3.8) is 0 Å². The molecule has 3 aromatic heterocycles. The lowest BCUT2D eigenvalue weighted by atomic mass is 9.98. The second-order valence-corrected chi connectivity index (χ2v) is 14.8. The van der Waals surface area contributed by atoms with Gasteiger partial charge >= 0.3 is 0 Å². The SMILES string of the molecule is c1ccc(-c2c3cc(-c4cccc5c4sc4ccccc45)ccc3n3c2oc2c(-c4ccc(N(c5ccccc5)c5ccccc5)cc4)cccc23)cc1. The van der Waals surface area contributed by atoms with Gasteiger partial charge in [0.05, 0.1) is 16.6 Å². The molecule has 0 bridgehead atoms. The highest BCUT2D eigenvalue weighted by Crippen LogP contribution is 2.45. The Bertz CT molecular complexity index is 3100. The largest absolute Gasteiger partial charge is 0.437 e. The topological polar surface area (TPSA) is 20.8 Å². The zero-order valence-electron chi connectivity index (χ0n) is 29.2. The molecule has 0 aliphatic rings. The molecular formula is C50H32N2OS. The number of rotatable bonds is 6. The van der Waals surface area contributed by atoms with Gasteiger partial charge in [0.15, 0.2) is 5.58 Å². The summed E-state index contributed by atoms with van der Waals surface area (Å²) < 4.78 is 12.0. The Morgan fingerprint density at radius 3 is 1.80 bits per heavy atom. The molecule has 8 aromatic carbocycles. The molecule has 0 unspecified atom stereocenters. The van der Waals surface area contributed by atoms with Crippen molar-refractivity contribution < 1.29 is 4.42 Å². The van der Waals surface area contributed by atoms with Crippen molar-refractivity contribution in [2.75, 3.05) is 4.90 Å². The van der Waals surface area contributed by atoms with Crippen molar-refractivity contribution in [1.29, 1.82) is 0 Å². The molecule has 0 atom stereocenters. The van der Waals surface area contributed by atoms with Gasteiger partial charge < -0.3 is 9.32 Å². The number of hydrogen-bond donors (Lipinski definition) is 0. The molecule has 0 N–H and O–H groups in total. The van der Waals surface area contributed by atoms with Gasteiger partial charge in [-0.3, -0.25) is 4.40 Å². The Morgan fingerprint density at radius 2 is 1.04 bits per heavy atom. The quantitative estimate of drug-likeness (QED) is 0.171. The minimum absolute atomic E-state index is 0.854. The fourth-order valence-electron chi connectivity index (χ4n) is 8.15. The van der Waals surface area contributed by atoms with Crippen LogP contribution >= 0.6 is 11.3 Å². The molecular weight excluding hydrogens is 677 g/mol. The van der Waals surface area contributed by atoms with Gasteiger partial charge in [-0.05, 0) is 82.9 Å². The minimum atomic E-state index is 0.854. The lowest BCUT2D eigenvalue weighted by molar-refractivity contribution is 0.659. The van der Waals surface area contributed by atoms with E-state index in [1.165, 1.54) is 36.7 Å². The number of nitrogens with zero attached hydrogens (tertiary/aromatic N) is 2. The average molecular weight is 709 g/mol. The third-order valence-electron chi connectivity index (χ3n) is 10.6. The zero-order chi connectivity index (χ0) is 35.6. The highest BCUT2D eigenvalue weighted by molar-refractivity contribution is 7.26. The minimum Gasteiger partial charge on any atom is -0.437 e. The second kappa shape index (κ2) is 12.4. The Kier molecular flexibility index (Phi) is 7.04. The van der Waals surface area contributed by atoms with E-state index >= 15 is 0 Å². The number of anilines is 3. The van der Waals surface area contributed by atoms with Crippen LogP contribution in [-0.4, -0.2) is 4.40 Å². The van der Waals surface area contributed by atoms with Crippen LogP contribution in [0.25, 0.3) is 81.3 Å². The monoisotopic (exact) mass is 708 g/mol. The second-order valence-electron chi connectivity index (χ2n) is 13.7. The van der Waals surface area contributed by atoms with Crippen LogP contribution in [0.4, 0.5) is 17.1 Å². The first kappa shape index (κ1) is 30.7. The van der Waals surface area contributed by atoms with Crippen molar-refractivity contribution in [2.24, 2.45) is 0 Å². The summed E-state index contributed by atoms with van der Waals surface area (Å²) in [6.07, 6.45) is 0. The van der Waals surface area contributed by atoms with E-state index < -0.39 is 0 Å². The van der Waals surface area contributed by atoms with Crippen molar-refractivity contribution in [3.05, 3.63) is 194 Å². The smallest absolute Gasteiger partial charge is 0.213 e. The van der Waals surface area contributed by atoms with E-state index in [1.54, 1.807) is 0 Å². The van der Waals surface area contributed by atoms with Crippen LogP contribution < -0.4 is 4.90 Å². The molecule has 0 fully saturated rings. The molecule has 11 aromatic rings. The first-order chi connectivity index (χ1) is 26.8. The summed E-state index contributed by atoms with van der Waals surface area (Å²) in [5, 5.41) is 3.80. The number of hydrogen-bond acceptors (Lipinski definition) is 3. The summed E-state index contributed by atoms with van der Waals surface area (Å²) in [4.78, 5) is 2.29. The Labute approximate surface area is 316 Å². The van der Waals surface area contributed by atoms with Crippen LogP contribution in [0, 0.1) is 0 Å². The third-order valence-corrected chi connectivity index (χ3v) is 11.8. The molecule has 0 saturated carbocycles. The summed E-state index contributed by atoms with van der Waals surface area (Å²) in [6, 6.07) is 69.3. The Hall–Kier alpha value is -6.88. The van der Waals surface area contributed by atoms with E-state index in [1.807, 2.05) is 11.3 Å². The van der Waals surface area contributed by atoms with Crippen LogP contribution in [0.2, 0.25) is 0 Å². The molecule has 11 rings (SSSR count). The van der Waals surface area contributed by atoms with E-state index in [0.717, 1.165) is 61.6 Å². The van der Waals surface area contributed by atoms with Crippen molar-refractivity contribution in [2.45, 2.75) is 0 Å². The number of oxazole rings is 1. The van der Waals surface area contributed by atoms with Crippen molar-refractivity contribution in [1.82, 2.24) is 4.40 Å². The van der Waals surface area contributed by atoms with Crippen LogP contribution in [0.15, 0.2) is 199 Å². The third kappa shape index (κ3) is 4.81. The fraction of sp³-hybridized carbons (Fsp3) is 0. The maximum absolute atomic E-state index is 7.04. The molecule has 0 aliphatic heterocycles. The molecule has 0 saturated heterocycles. The van der Waals surface area contributed by atoms with Gasteiger partial charge in [0.2, 0.25) is 5.71 Å². The Balaban J connectivity index is 1.08. The summed E-state index contributed by atoms with van der Waals surface area (Å²) in [5.74, 6) is 0. The zero-order valence-corrected chi connectivity index (χ0v) is 30.0. The highest BCUT2D eigenvalue weighted by Gasteiger charge is 2.23. The molecule has 3 heterocycles. The molecule has 4 heteroatoms. The maximum atomic E-state index is 7.04. The molecule has 0 aliphatic carbocycles.